The molecule has 0 bridgehead atoms. The van der Waals surface area contributed by atoms with Crippen molar-refractivity contribution in [2.24, 2.45) is 0 Å². The van der Waals surface area contributed by atoms with E-state index in [4.69, 9.17) is 4.74 Å². The van der Waals surface area contributed by atoms with Gasteiger partial charge in [0, 0.05) is 10.5 Å². The minimum absolute atomic E-state index is 0.0598. The van der Waals surface area contributed by atoms with Gasteiger partial charge < -0.3 is 4.74 Å². The fraction of sp³-hybridized carbons (Fsp3) is 0.250. The first-order chi connectivity index (χ1) is 10.0. The van der Waals surface area contributed by atoms with Gasteiger partial charge in [-0.2, -0.15) is 0 Å². The summed E-state index contributed by atoms with van der Waals surface area (Å²) in [4.78, 5) is 10.6. The first kappa shape index (κ1) is 15.5. The Morgan fingerprint density at radius 3 is 2.48 bits per heavy atom. The maximum atomic E-state index is 11.1. The maximum Gasteiger partial charge on any atom is 0.312 e. The van der Waals surface area contributed by atoms with Crippen LogP contribution in [0.15, 0.2) is 46.9 Å². The monoisotopic (exact) mass is 349 g/mol. The second kappa shape index (κ2) is 6.72. The van der Waals surface area contributed by atoms with Gasteiger partial charge in [0.25, 0.3) is 0 Å². The van der Waals surface area contributed by atoms with Crippen molar-refractivity contribution in [1.29, 1.82) is 0 Å². The summed E-state index contributed by atoms with van der Waals surface area (Å²) < 4.78 is 6.28. The predicted molar refractivity (Wildman–Crippen MR) is 86.0 cm³/mol. The highest BCUT2D eigenvalue weighted by Gasteiger charge is 2.16. The number of hydrogen-bond acceptors (Lipinski definition) is 3. The average Bonchev–Trinajstić information content (AvgIpc) is 2.49. The minimum atomic E-state index is -0.451. The molecule has 2 aromatic rings. The Bertz CT molecular complexity index is 640. The molecule has 0 N–H and O–H groups in total. The van der Waals surface area contributed by atoms with E-state index < -0.39 is 4.92 Å². The molecular formula is C16H16BrNO3. The van der Waals surface area contributed by atoms with Crippen molar-refractivity contribution >= 4 is 21.6 Å². The molecule has 5 heteroatoms. The molecule has 0 saturated carbocycles. The van der Waals surface area contributed by atoms with Crippen molar-refractivity contribution in [3.63, 3.8) is 0 Å². The molecule has 4 nitrogen and oxygen atoms in total. The lowest BCUT2D eigenvalue weighted by atomic mass is 9.99. The van der Waals surface area contributed by atoms with Gasteiger partial charge in [0.1, 0.15) is 5.75 Å². The highest BCUT2D eigenvalue weighted by molar-refractivity contribution is 9.10. The minimum Gasteiger partial charge on any atom is -0.450 e. The Kier molecular flexibility index (Phi) is 4.96. The Morgan fingerprint density at radius 2 is 1.90 bits per heavy atom. The fourth-order valence-corrected chi connectivity index (χ4v) is 2.30. The number of nitro benzene ring substituents is 1. The number of nitro groups is 1. The fourth-order valence-electron chi connectivity index (χ4n) is 1.95. The zero-order valence-electron chi connectivity index (χ0n) is 11.9. The van der Waals surface area contributed by atoms with E-state index in [2.05, 4.69) is 29.8 Å². The summed E-state index contributed by atoms with van der Waals surface area (Å²) in [7, 11) is 0. The van der Waals surface area contributed by atoms with Gasteiger partial charge in [0.05, 0.1) is 4.92 Å². The predicted octanol–water partition coefficient (Wildman–Crippen LogP) is 5.66. The number of ether oxygens (including phenoxy) is 1. The van der Waals surface area contributed by atoms with Gasteiger partial charge in [0.15, 0.2) is 0 Å². The largest absolute Gasteiger partial charge is 0.450 e. The van der Waals surface area contributed by atoms with Gasteiger partial charge in [-0.05, 0) is 42.2 Å². The molecule has 0 aliphatic heterocycles. The molecule has 0 aliphatic carbocycles. The maximum absolute atomic E-state index is 11.1. The van der Waals surface area contributed by atoms with Crippen molar-refractivity contribution in [3.8, 4) is 11.5 Å². The summed E-state index contributed by atoms with van der Waals surface area (Å²) >= 11 is 3.22. The average molecular weight is 350 g/mol. The Hall–Kier alpha value is -1.88. The zero-order valence-corrected chi connectivity index (χ0v) is 13.5. The van der Waals surface area contributed by atoms with Crippen LogP contribution >= 0.6 is 15.9 Å². The third-order valence-corrected chi connectivity index (χ3v) is 3.90. The number of benzene rings is 2. The van der Waals surface area contributed by atoms with Crippen LogP contribution in [-0.2, 0) is 0 Å². The zero-order chi connectivity index (χ0) is 15.4. The summed E-state index contributed by atoms with van der Waals surface area (Å²) in [6.45, 7) is 4.30. The molecule has 21 heavy (non-hydrogen) atoms. The summed E-state index contributed by atoms with van der Waals surface area (Å²) in [5, 5.41) is 11.1. The SMILES string of the molecule is CCC(C)c1ccc(Oc2ccc(Br)cc2[N+](=O)[O-])cc1. The van der Waals surface area contributed by atoms with Crippen LogP contribution in [0.4, 0.5) is 5.69 Å². The Morgan fingerprint density at radius 1 is 1.24 bits per heavy atom. The van der Waals surface area contributed by atoms with Crippen molar-refractivity contribution in [2.45, 2.75) is 26.2 Å². The Balaban J connectivity index is 2.24. The normalized spacial score (nSPS) is 12.0. The van der Waals surface area contributed by atoms with E-state index in [9.17, 15) is 10.1 Å². The van der Waals surface area contributed by atoms with Crippen LogP contribution in [0.3, 0.4) is 0 Å². The highest BCUT2D eigenvalue weighted by atomic mass is 79.9. The topological polar surface area (TPSA) is 52.4 Å². The first-order valence-electron chi connectivity index (χ1n) is 6.73. The molecule has 1 atom stereocenters. The Labute approximate surface area is 132 Å². The van der Waals surface area contributed by atoms with Crippen LogP contribution in [0.2, 0.25) is 0 Å². The summed E-state index contributed by atoms with van der Waals surface area (Å²) in [6, 6.07) is 12.4. The van der Waals surface area contributed by atoms with Crippen molar-refractivity contribution in [3.05, 3.63) is 62.6 Å². The highest BCUT2D eigenvalue weighted by Crippen LogP contribution is 2.34. The number of nitrogens with zero attached hydrogens (tertiary/aromatic N) is 1. The smallest absolute Gasteiger partial charge is 0.312 e. The van der Waals surface area contributed by atoms with E-state index in [0.29, 0.717) is 16.1 Å². The number of rotatable bonds is 5. The summed E-state index contributed by atoms with van der Waals surface area (Å²) in [6.07, 6.45) is 1.07. The molecule has 0 saturated heterocycles. The van der Waals surface area contributed by atoms with E-state index in [-0.39, 0.29) is 11.4 Å². The molecule has 0 heterocycles. The molecule has 0 aliphatic rings. The van der Waals surface area contributed by atoms with Crippen molar-refractivity contribution < 1.29 is 9.66 Å². The number of hydrogen-bond donors (Lipinski definition) is 0. The molecule has 0 fully saturated rings. The van der Waals surface area contributed by atoms with Crippen LogP contribution in [0, 0.1) is 10.1 Å². The van der Waals surface area contributed by atoms with Gasteiger partial charge >= 0.3 is 5.69 Å². The molecule has 2 rings (SSSR count). The number of halogens is 1. The van der Waals surface area contributed by atoms with E-state index in [0.717, 1.165) is 6.42 Å². The lowest BCUT2D eigenvalue weighted by molar-refractivity contribution is -0.385. The summed E-state index contributed by atoms with van der Waals surface area (Å²) in [5.74, 6) is 1.31. The van der Waals surface area contributed by atoms with E-state index in [1.54, 1.807) is 12.1 Å². The molecule has 0 spiro atoms. The van der Waals surface area contributed by atoms with Gasteiger partial charge in [-0.25, -0.2) is 0 Å². The van der Waals surface area contributed by atoms with Crippen LogP contribution in [0.1, 0.15) is 31.7 Å². The van der Waals surface area contributed by atoms with E-state index >= 15 is 0 Å². The first-order valence-corrected chi connectivity index (χ1v) is 7.52. The standard InChI is InChI=1S/C16H16BrNO3/c1-3-11(2)12-4-7-14(8-5-12)21-16-9-6-13(17)10-15(16)18(19)20/h4-11H,3H2,1-2H3. The third-order valence-electron chi connectivity index (χ3n) is 3.41. The molecule has 0 amide bonds. The molecule has 110 valence electrons. The van der Waals surface area contributed by atoms with Crippen LogP contribution in [-0.4, -0.2) is 4.92 Å². The van der Waals surface area contributed by atoms with Gasteiger partial charge in [-0.15, -0.1) is 0 Å². The van der Waals surface area contributed by atoms with Crippen molar-refractivity contribution in [1.82, 2.24) is 0 Å². The van der Waals surface area contributed by atoms with Gasteiger partial charge in [-0.1, -0.05) is 41.9 Å². The van der Waals surface area contributed by atoms with Crippen molar-refractivity contribution in [2.75, 3.05) is 0 Å². The molecule has 2 aromatic carbocycles. The van der Waals surface area contributed by atoms with E-state index in [1.165, 1.54) is 11.6 Å². The quantitative estimate of drug-likeness (QED) is 0.516. The molecule has 1 unspecified atom stereocenters. The lowest BCUT2D eigenvalue weighted by Crippen LogP contribution is -1.94. The molecule has 0 aromatic heterocycles. The summed E-state index contributed by atoms with van der Waals surface area (Å²) in [5.41, 5.74) is 1.17. The second-order valence-electron chi connectivity index (χ2n) is 4.85. The van der Waals surface area contributed by atoms with Gasteiger partial charge in [-0.3, -0.25) is 10.1 Å². The lowest BCUT2D eigenvalue weighted by Gasteiger charge is -2.10. The van der Waals surface area contributed by atoms with Crippen LogP contribution in [0.25, 0.3) is 0 Å². The van der Waals surface area contributed by atoms with Crippen LogP contribution in [0.5, 0.6) is 11.5 Å². The third kappa shape index (κ3) is 3.82. The molecular weight excluding hydrogens is 334 g/mol. The van der Waals surface area contributed by atoms with E-state index in [1.807, 2.05) is 24.3 Å². The van der Waals surface area contributed by atoms with Gasteiger partial charge in [0.2, 0.25) is 5.75 Å². The van der Waals surface area contributed by atoms with Crippen LogP contribution < -0.4 is 4.74 Å². The molecule has 0 radical (unpaired) electrons. The second-order valence-corrected chi connectivity index (χ2v) is 5.77.